The number of carbonyl (C=O) groups is 2. The van der Waals surface area contributed by atoms with Crippen molar-refractivity contribution in [3.63, 3.8) is 0 Å². The molecule has 0 saturated carbocycles. The quantitative estimate of drug-likeness (QED) is 0.847. The van der Waals surface area contributed by atoms with Gasteiger partial charge in [0.1, 0.15) is 4.32 Å². The van der Waals surface area contributed by atoms with Crippen molar-refractivity contribution in [2.45, 2.75) is 0 Å². The number of hydrogen-bond donors (Lipinski definition) is 1. The molecule has 4 nitrogen and oxygen atoms in total. The fraction of sp³-hybridized carbons (Fsp3) is 0.100. The summed E-state index contributed by atoms with van der Waals surface area (Å²) in [5.74, 6) is -1.01. The Bertz CT molecular complexity index is 516. The minimum absolute atomic E-state index is 0.0448. The van der Waals surface area contributed by atoms with Crippen LogP contribution >= 0.6 is 35.6 Å². The fourth-order valence-corrected chi connectivity index (χ4v) is 2.71. The van der Waals surface area contributed by atoms with Crippen molar-refractivity contribution in [2.24, 2.45) is 0 Å². The van der Waals surface area contributed by atoms with Crippen molar-refractivity contribution in [1.29, 1.82) is 0 Å². The highest BCUT2D eigenvalue weighted by Gasteiger charge is 2.28. The Morgan fingerprint density at radius 3 is 2.76 bits per heavy atom. The molecule has 1 aliphatic heterocycles. The average molecular weight is 288 g/mol. The van der Waals surface area contributed by atoms with Gasteiger partial charge in [-0.2, -0.15) is 0 Å². The van der Waals surface area contributed by atoms with Gasteiger partial charge in [0.2, 0.25) is 5.91 Å². The van der Waals surface area contributed by atoms with Crippen LogP contribution in [-0.2, 0) is 4.79 Å². The first-order chi connectivity index (χ1) is 8.00. The second-order valence-corrected chi connectivity index (χ2v) is 5.27. The van der Waals surface area contributed by atoms with E-state index >= 15 is 0 Å². The molecule has 1 aromatic carbocycles. The SMILES string of the molecule is O=C(O)c1cc(N2C(=O)CSC2=S)ccc1Cl. The molecule has 1 amide bonds. The number of amides is 1. The smallest absolute Gasteiger partial charge is 0.337 e. The Balaban J connectivity index is 2.46. The van der Waals surface area contributed by atoms with Gasteiger partial charge in [0.05, 0.1) is 22.0 Å². The molecule has 17 heavy (non-hydrogen) atoms. The number of rotatable bonds is 2. The lowest BCUT2D eigenvalue weighted by Gasteiger charge is -2.15. The van der Waals surface area contributed by atoms with Gasteiger partial charge in [0.25, 0.3) is 0 Å². The Morgan fingerprint density at radius 2 is 2.24 bits per heavy atom. The topological polar surface area (TPSA) is 57.6 Å². The van der Waals surface area contributed by atoms with Gasteiger partial charge in [-0.15, -0.1) is 0 Å². The van der Waals surface area contributed by atoms with Crippen LogP contribution in [0.3, 0.4) is 0 Å². The number of anilines is 1. The van der Waals surface area contributed by atoms with Crippen LogP contribution in [0.1, 0.15) is 10.4 Å². The molecular weight excluding hydrogens is 282 g/mol. The van der Waals surface area contributed by atoms with Crippen LogP contribution < -0.4 is 4.90 Å². The zero-order chi connectivity index (χ0) is 12.6. The lowest BCUT2D eigenvalue weighted by molar-refractivity contribution is -0.115. The van der Waals surface area contributed by atoms with Gasteiger partial charge in [0.15, 0.2) is 0 Å². The molecule has 0 aromatic heterocycles. The highest BCUT2D eigenvalue weighted by atomic mass is 35.5. The molecule has 0 radical (unpaired) electrons. The summed E-state index contributed by atoms with van der Waals surface area (Å²) in [4.78, 5) is 23.8. The molecule has 1 heterocycles. The number of hydrogen-bond acceptors (Lipinski definition) is 4. The molecule has 1 aromatic rings. The van der Waals surface area contributed by atoms with Crippen LogP contribution in [0.25, 0.3) is 0 Å². The molecule has 0 aliphatic carbocycles. The van der Waals surface area contributed by atoms with E-state index in [4.69, 9.17) is 28.9 Å². The number of benzene rings is 1. The van der Waals surface area contributed by atoms with Gasteiger partial charge >= 0.3 is 5.97 Å². The lowest BCUT2D eigenvalue weighted by atomic mass is 10.2. The Hall–Kier alpha value is -1.11. The maximum Gasteiger partial charge on any atom is 0.337 e. The van der Waals surface area contributed by atoms with Crippen LogP contribution in [0, 0.1) is 0 Å². The molecule has 1 aliphatic rings. The highest BCUT2D eigenvalue weighted by Crippen LogP contribution is 2.29. The first-order valence-corrected chi connectivity index (χ1v) is 6.30. The van der Waals surface area contributed by atoms with Crippen molar-refractivity contribution in [3.8, 4) is 0 Å². The van der Waals surface area contributed by atoms with E-state index in [1.807, 2.05) is 0 Å². The Kier molecular flexibility index (Phi) is 3.37. The van der Waals surface area contributed by atoms with Crippen LogP contribution in [0.15, 0.2) is 18.2 Å². The molecule has 7 heteroatoms. The predicted octanol–water partition coefficient (Wildman–Crippen LogP) is 2.40. The first kappa shape index (κ1) is 12.3. The predicted molar refractivity (Wildman–Crippen MR) is 71.0 cm³/mol. The number of nitrogens with zero attached hydrogens (tertiary/aromatic N) is 1. The largest absolute Gasteiger partial charge is 0.478 e. The van der Waals surface area contributed by atoms with Gasteiger partial charge in [0, 0.05) is 0 Å². The van der Waals surface area contributed by atoms with E-state index in [-0.39, 0.29) is 22.2 Å². The fourth-order valence-electron chi connectivity index (χ4n) is 1.42. The van der Waals surface area contributed by atoms with E-state index in [1.54, 1.807) is 6.07 Å². The van der Waals surface area contributed by atoms with E-state index in [0.717, 1.165) is 0 Å². The Morgan fingerprint density at radius 1 is 1.53 bits per heavy atom. The third-order valence-corrected chi connectivity index (χ3v) is 3.88. The molecular formula is C10H6ClNO3S2. The summed E-state index contributed by atoms with van der Waals surface area (Å²) >= 11 is 12.0. The van der Waals surface area contributed by atoms with Gasteiger partial charge in [-0.25, -0.2) is 4.79 Å². The van der Waals surface area contributed by atoms with Crippen LogP contribution in [0.4, 0.5) is 5.69 Å². The maximum absolute atomic E-state index is 11.6. The van der Waals surface area contributed by atoms with Crippen molar-refractivity contribution in [2.75, 3.05) is 10.7 Å². The molecule has 0 bridgehead atoms. The average Bonchev–Trinajstić information content (AvgIpc) is 2.59. The number of carboxylic acids is 1. The molecule has 1 fully saturated rings. The minimum Gasteiger partial charge on any atom is -0.478 e. The van der Waals surface area contributed by atoms with Gasteiger partial charge < -0.3 is 5.11 Å². The van der Waals surface area contributed by atoms with E-state index in [0.29, 0.717) is 10.0 Å². The third-order valence-electron chi connectivity index (χ3n) is 2.19. The molecule has 2 rings (SSSR count). The lowest BCUT2D eigenvalue weighted by Crippen LogP contribution is -2.28. The van der Waals surface area contributed by atoms with Gasteiger partial charge in [-0.1, -0.05) is 35.6 Å². The molecule has 1 N–H and O–H groups in total. The first-order valence-electron chi connectivity index (χ1n) is 4.53. The molecule has 0 atom stereocenters. The zero-order valence-corrected chi connectivity index (χ0v) is 10.7. The Labute approximate surface area is 112 Å². The summed E-state index contributed by atoms with van der Waals surface area (Å²) < 4.78 is 0.425. The number of aromatic carboxylic acids is 1. The van der Waals surface area contributed by atoms with Gasteiger partial charge in [-0.05, 0) is 18.2 Å². The molecule has 0 unspecified atom stereocenters. The van der Waals surface area contributed by atoms with Crippen molar-refractivity contribution in [3.05, 3.63) is 28.8 Å². The zero-order valence-electron chi connectivity index (χ0n) is 8.34. The third kappa shape index (κ3) is 2.29. The molecule has 88 valence electrons. The second-order valence-electron chi connectivity index (χ2n) is 3.25. The summed E-state index contributed by atoms with van der Waals surface area (Å²) in [6.07, 6.45) is 0. The maximum atomic E-state index is 11.6. The number of carbonyl (C=O) groups excluding carboxylic acids is 1. The summed E-state index contributed by atoms with van der Waals surface area (Å²) in [5, 5.41) is 9.07. The monoisotopic (exact) mass is 287 g/mol. The van der Waals surface area contributed by atoms with Gasteiger partial charge in [-0.3, -0.25) is 9.69 Å². The number of halogens is 1. The van der Waals surface area contributed by atoms with E-state index in [2.05, 4.69) is 0 Å². The second kappa shape index (κ2) is 4.64. The van der Waals surface area contributed by atoms with Crippen molar-refractivity contribution < 1.29 is 14.7 Å². The van der Waals surface area contributed by atoms with Crippen LogP contribution in [0.2, 0.25) is 5.02 Å². The number of thioether (sulfide) groups is 1. The standard InChI is InChI=1S/C10H6ClNO3S2/c11-7-2-1-5(3-6(7)9(14)15)12-8(13)4-17-10(12)16/h1-3H,4H2,(H,14,15). The number of carboxylic acid groups (broad SMARTS) is 1. The minimum atomic E-state index is -1.14. The summed E-state index contributed by atoms with van der Waals surface area (Å²) in [6, 6.07) is 4.37. The summed E-state index contributed by atoms with van der Waals surface area (Å²) in [6.45, 7) is 0. The molecule has 1 saturated heterocycles. The van der Waals surface area contributed by atoms with E-state index in [9.17, 15) is 9.59 Å². The summed E-state index contributed by atoms with van der Waals surface area (Å²) in [5.41, 5.74) is 0.392. The van der Waals surface area contributed by atoms with Crippen molar-refractivity contribution >= 4 is 57.5 Å². The van der Waals surface area contributed by atoms with E-state index in [1.165, 1.54) is 28.8 Å². The van der Waals surface area contributed by atoms with Crippen molar-refractivity contribution in [1.82, 2.24) is 0 Å². The van der Waals surface area contributed by atoms with Crippen LogP contribution in [-0.4, -0.2) is 27.1 Å². The normalized spacial score (nSPS) is 15.5. The van der Waals surface area contributed by atoms with E-state index < -0.39 is 5.97 Å². The highest BCUT2D eigenvalue weighted by molar-refractivity contribution is 8.24. The molecule has 0 spiro atoms. The van der Waals surface area contributed by atoms with Crippen LogP contribution in [0.5, 0.6) is 0 Å². The number of thiocarbonyl (C=S) groups is 1. The summed E-state index contributed by atoms with van der Waals surface area (Å²) in [7, 11) is 0.